The van der Waals surface area contributed by atoms with Gasteiger partial charge in [0.2, 0.25) is 5.91 Å². The van der Waals surface area contributed by atoms with E-state index in [1.807, 2.05) is 37.3 Å². The van der Waals surface area contributed by atoms with Crippen molar-refractivity contribution in [1.82, 2.24) is 10.6 Å². The van der Waals surface area contributed by atoms with Gasteiger partial charge >= 0.3 is 0 Å². The lowest BCUT2D eigenvalue weighted by molar-refractivity contribution is -0.124. The zero-order valence-corrected chi connectivity index (χ0v) is 10.6. The maximum absolute atomic E-state index is 11.9. The largest absolute Gasteiger partial charge is 0.386 e. The van der Waals surface area contributed by atoms with Gasteiger partial charge in [-0.2, -0.15) is 0 Å². The number of hydrogen-bond donors (Lipinski definition) is 3. The third-order valence-corrected chi connectivity index (χ3v) is 3.36. The fourth-order valence-corrected chi connectivity index (χ4v) is 2.25. The number of benzene rings is 1. The SMILES string of the molecule is C[C@H](NC(=O)[C@H]1CCCN1)[C@H](O)c1ccccc1. The minimum atomic E-state index is -0.670. The average molecular weight is 248 g/mol. The highest BCUT2D eigenvalue weighted by atomic mass is 16.3. The minimum absolute atomic E-state index is 0.0185. The molecule has 0 radical (unpaired) electrons. The molecule has 0 bridgehead atoms. The summed E-state index contributed by atoms with van der Waals surface area (Å²) in [7, 11) is 0. The van der Waals surface area contributed by atoms with E-state index >= 15 is 0 Å². The summed E-state index contributed by atoms with van der Waals surface area (Å²) in [5, 5.41) is 16.2. The van der Waals surface area contributed by atoms with E-state index in [0.717, 1.165) is 24.9 Å². The molecule has 3 N–H and O–H groups in total. The standard InChI is InChI=1S/C14H20N2O2/c1-10(13(17)11-6-3-2-4-7-11)16-14(18)12-8-5-9-15-12/h2-4,6-7,10,12-13,15,17H,5,8-9H2,1H3,(H,16,18)/t10-,12+,13-/m0/s1. The maximum atomic E-state index is 11.9. The first kappa shape index (κ1) is 13.1. The van der Waals surface area contributed by atoms with Gasteiger partial charge in [-0.15, -0.1) is 0 Å². The van der Waals surface area contributed by atoms with Gasteiger partial charge in [0.15, 0.2) is 0 Å². The van der Waals surface area contributed by atoms with Gasteiger partial charge in [-0.3, -0.25) is 4.79 Å². The van der Waals surface area contributed by atoms with Gasteiger partial charge in [-0.05, 0) is 31.9 Å². The molecule has 1 aromatic carbocycles. The fraction of sp³-hybridized carbons (Fsp3) is 0.500. The molecule has 1 heterocycles. The van der Waals surface area contributed by atoms with Crippen LogP contribution in [0.1, 0.15) is 31.4 Å². The van der Waals surface area contributed by atoms with E-state index in [1.165, 1.54) is 0 Å². The molecule has 4 heteroatoms. The Bertz CT molecular complexity index is 388. The summed E-state index contributed by atoms with van der Waals surface area (Å²) in [5.41, 5.74) is 0.824. The Morgan fingerprint density at radius 3 is 2.78 bits per heavy atom. The highest BCUT2D eigenvalue weighted by molar-refractivity contribution is 5.82. The second kappa shape index (κ2) is 5.98. The van der Waals surface area contributed by atoms with Gasteiger partial charge in [0.25, 0.3) is 0 Å². The van der Waals surface area contributed by atoms with E-state index in [2.05, 4.69) is 10.6 Å². The van der Waals surface area contributed by atoms with E-state index < -0.39 is 6.10 Å². The van der Waals surface area contributed by atoms with Gasteiger partial charge in [-0.1, -0.05) is 30.3 Å². The van der Waals surface area contributed by atoms with Gasteiger partial charge in [0, 0.05) is 0 Å². The van der Waals surface area contributed by atoms with E-state index in [-0.39, 0.29) is 18.0 Å². The lowest BCUT2D eigenvalue weighted by Gasteiger charge is -2.22. The molecule has 0 aliphatic carbocycles. The highest BCUT2D eigenvalue weighted by Gasteiger charge is 2.25. The van der Waals surface area contributed by atoms with Crippen molar-refractivity contribution < 1.29 is 9.90 Å². The van der Waals surface area contributed by atoms with Gasteiger partial charge in [0.1, 0.15) is 0 Å². The Kier molecular flexibility index (Phi) is 4.33. The molecular formula is C14H20N2O2. The monoisotopic (exact) mass is 248 g/mol. The van der Waals surface area contributed by atoms with Crippen LogP contribution in [-0.2, 0) is 4.79 Å². The van der Waals surface area contributed by atoms with Crippen LogP contribution in [0, 0.1) is 0 Å². The molecule has 98 valence electrons. The van der Waals surface area contributed by atoms with E-state index in [0.29, 0.717) is 0 Å². The summed E-state index contributed by atoms with van der Waals surface area (Å²) in [6, 6.07) is 9.00. The molecule has 0 spiro atoms. The molecule has 3 atom stereocenters. The summed E-state index contributed by atoms with van der Waals surface area (Å²) in [4.78, 5) is 11.9. The second-order valence-electron chi connectivity index (χ2n) is 4.80. The molecule has 1 aliphatic heterocycles. The summed E-state index contributed by atoms with van der Waals surface area (Å²) < 4.78 is 0. The molecular weight excluding hydrogens is 228 g/mol. The molecule has 1 aliphatic rings. The van der Waals surface area contributed by atoms with Crippen LogP contribution < -0.4 is 10.6 Å². The van der Waals surface area contributed by atoms with Crippen LogP contribution in [0.25, 0.3) is 0 Å². The Morgan fingerprint density at radius 2 is 2.17 bits per heavy atom. The van der Waals surface area contributed by atoms with Crippen LogP contribution in [0.4, 0.5) is 0 Å². The van der Waals surface area contributed by atoms with Crippen molar-refractivity contribution in [2.24, 2.45) is 0 Å². The summed E-state index contributed by atoms with van der Waals surface area (Å²) in [5.74, 6) is -0.0185. The van der Waals surface area contributed by atoms with E-state index in [4.69, 9.17) is 0 Å². The number of nitrogens with one attached hydrogen (secondary N) is 2. The average Bonchev–Trinajstić information content (AvgIpc) is 2.92. The number of aliphatic hydroxyl groups excluding tert-OH is 1. The quantitative estimate of drug-likeness (QED) is 0.744. The lowest BCUT2D eigenvalue weighted by Crippen LogP contribution is -2.46. The number of carbonyl (C=O) groups excluding carboxylic acids is 1. The first-order chi connectivity index (χ1) is 8.68. The molecule has 1 fully saturated rings. The number of aliphatic hydroxyl groups is 1. The molecule has 1 saturated heterocycles. The Labute approximate surface area is 107 Å². The van der Waals surface area contributed by atoms with Crippen LogP contribution in [0.5, 0.6) is 0 Å². The Balaban J connectivity index is 1.91. The third-order valence-electron chi connectivity index (χ3n) is 3.36. The molecule has 0 aromatic heterocycles. The second-order valence-corrected chi connectivity index (χ2v) is 4.80. The Hall–Kier alpha value is -1.39. The van der Waals surface area contributed by atoms with Gasteiger partial charge in [-0.25, -0.2) is 0 Å². The fourth-order valence-electron chi connectivity index (χ4n) is 2.25. The van der Waals surface area contributed by atoms with Crippen LogP contribution in [0.3, 0.4) is 0 Å². The van der Waals surface area contributed by atoms with Crippen LogP contribution in [0.2, 0.25) is 0 Å². The van der Waals surface area contributed by atoms with Crippen molar-refractivity contribution in [1.29, 1.82) is 0 Å². The minimum Gasteiger partial charge on any atom is -0.386 e. The van der Waals surface area contributed by atoms with E-state index in [9.17, 15) is 9.90 Å². The molecule has 0 saturated carbocycles. The number of hydrogen-bond acceptors (Lipinski definition) is 3. The van der Waals surface area contributed by atoms with Crippen molar-refractivity contribution in [3.8, 4) is 0 Å². The molecule has 1 amide bonds. The van der Waals surface area contributed by atoms with Crippen LogP contribution in [0.15, 0.2) is 30.3 Å². The molecule has 2 rings (SSSR count). The van der Waals surface area contributed by atoms with Crippen LogP contribution in [-0.4, -0.2) is 29.6 Å². The maximum Gasteiger partial charge on any atom is 0.237 e. The molecule has 4 nitrogen and oxygen atoms in total. The van der Waals surface area contributed by atoms with Crippen molar-refractivity contribution in [2.75, 3.05) is 6.54 Å². The van der Waals surface area contributed by atoms with Gasteiger partial charge < -0.3 is 15.7 Å². The molecule has 1 aromatic rings. The zero-order valence-electron chi connectivity index (χ0n) is 10.6. The number of carbonyl (C=O) groups is 1. The highest BCUT2D eigenvalue weighted by Crippen LogP contribution is 2.16. The lowest BCUT2D eigenvalue weighted by atomic mass is 10.0. The number of rotatable bonds is 4. The Morgan fingerprint density at radius 1 is 1.44 bits per heavy atom. The van der Waals surface area contributed by atoms with Crippen LogP contribution >= 0.6 is 0 Å². The number of amides is 1. The van der Waals surface area contributed by atoms with Crippen molar-refractivity contribution >= 4 is 5.91 Å². The van der Waals surface area contributed by atoms with E-state index in [1.54, 1.807) is 0 Å². The predicted molar refractivity (Wildman–Crippen MR) is 70.0 cm³/mol. The molecule has 0 unspecified atom stereocenters. The normalized spacial score (nSPS) is 22.4. The predicted octanol–water partition coefficient (Wildman–Crippen LogP) is 0.977. The third kappa shape index (κ3) is 3.09. The van der Waals surface area contributed by atoms with Crippen molar-refractivity contribution in [2.45, 2.75) is 38.0 Å². The smallest absolute Gasteiger partial charge is 0.237 e. The first-order valence-corrected chi connectivity index (χ1v) is 6.45. The summed E-state index contributed by atoms with van der Waals surface area (Å²) >= 11 is 0. The first-order valence-electron chi connectivity index (χ1n) is 6.45. The molecule has 18 heavy (non-hydrogen) atoms. The topological polar surface area (TPSA) is 61.4 Å². The zero-order chi connectivity index (χ0) is 13.0. The summed E-state index contributed by atoms with van der Waals surface area (Å²) in [6.45, 7) is 2.72. The summed E-state index contributed by atoms with van der Waals surface area (Å²) in [6.07, 6.45) is 1.24. The van der Waals surface area contributed by atoms with Crippen molar-refractivity contribution in [3.05, 3.63) is 35.9 Å². The van der Waals surface area contributed by atoms with Crippen molar-refractivity contribution in [3.63, 3.8) is 0 Å². The van der Waals surface area contributed by atoms with Gasteiger partial charge in [0.05, 0.1) is 18.2 Å².